The standard InChI is InChI=1S/C13H17FN2O2S/c1-9-5-6-10(14)11(8-9)16-13(19)15-7-3-4-12(17)18-2/h5-6,8H,3-4,7H2,1-2H3,(H2,15,16,19). The fraction of sp³-hybridized carbons (Fsp3) is 0.385. The minimum Gasteiger partial charge on any atom is -0.469 e. The summed E-state index contributed by atoms with van der Waals surface area (Å²) in [5, 5.41) is 6.01. The molecule has 0 spiro atoms. The molecule has 0 fully saturated rings. The number of aryl methyl sites for hydroxylation is 1. The van der Waals surface area contributed by atoms with Gasteiger partial charge in [0.25, 0.3) is 0 Å². The summed E-state index contributed by atoms with van der Waals surface area (Å²) in [6.45, 7) is 2.39. The molecule has 4 nitrogen and oxygen atoms in total. The van der Waals surface area contributed by atoms with Crippen LogP contribution >= 0.6 is 12.2 Å². The molecule has 0 bridgehead atoms. The van der Waals surface area contributed by atoms with E-state index in [4.69, 9.17) is 12.2 Å². The third kappa shape index (κ3) is 5.65. The van der Waals surface area contributed by atoms with Crippen molar-refractivity contribution in [2.75, 3.05) is 19.0 Å². The zero-order chi connectivity index (χ0) is 14.3. The Morgan fingerprint density at radius 2 is 2.21 bits per heavy atom. The quantitative estimate of drug-likeness (QED) is 0.494. The number of halogens is 1. The highest BCUT2D eigenvalue weighted by Gasteiger charge is 2.04. The molecule has 0 radical (unpaired) electrons. The van der Waals surface area contributed by atoms with Crippen LogP contribution in [0.25, 0.3) is 0 Å². The fourth-order valence-corrected chi connectivity index (χ4v) is 1.65. The maximum atomic E-state index is 13.5. The van der Waals surface area contributed by atoms with Crippen LogP contribution in [0.4, 0.5) is 10.1 Å². The van der Waals surface area contributed by atoms with E-state index in [-0.39, 0.29) is 11.8 Å². The van der Waals surface area contributed by atoms with E-state index < -0.39 is 0 Å². The molecule has 104 valence electrons. The summed E-state index contributed by atoms with van der Waals surface area (Å²) in [6.07, 6.45) is 0.926. The lowest BCUT2D eigenvalue weighted by molar-refractivity contribution is -0.140. The Labute approximate surface area is 117 Å². The summed E-state index contributed by atoms with van der Waals surface area (Å²) in [5.41, 5.74) is 1.28. The molecule has 0 aliphatic carbocycles. The highest BCUT2D eigenvalue weighted by Crippen LogP contribution is 2.15. The summed E-state index contributed by atoms with van der Waals surface area (Å²) in [4.78, 5) is 10.9. The Morgan fingerprint density at radius 1 is 1.47 bits per heavy atom. The van der Waals surface area contributed by atoms with Crippen LogP contribution in [0.1, 0.15) is 18.4 Å². The molecule has 0 amide bonds. The van der Waals surface area contributed by atoms with Gasteiger partial charge in [0, 0.05) is 13.0 Å². The Morgan fingerprint density at radius 3 is 2.89 bits per heavy atom. The smallest absolute Gasteiger partial charge is 0.305 e. The SMILES string of the molecule is COC(=O)CCCNC(=S)Nc1cc(C)ccc1F. The van der Waals surface area contributed by atoms with Gasteiger partial charge in [-0.3, -0.25) is 4.79 Å². The fourth-order valence-electron chi connectivity index (χ4n) is 1.44. The van der Waals surface area contributed by atoms with Crippen molar-refractivity contribution in [3.63, 3.8) is 0 Å². The number of nitrogens with one attached hydrogen (secondary N) is 2. The first kappa shape index (κ1) is 15.4. The molecular weight excluding hydrogens is 267 g/mol. The number of thiocarbonyl (C=S) groups is 1. The van der Waals surface area contributed by atoms with Crippen LogP contribution in [0.15, 0.2) is 18.2 Å². The number of esters is 1. The predicted molar refractivity (Wildman–Crippen MR) is 76.6 cm³/mol. The molecule has 2 N–H and O–H groups in total. The van der Waals surface area contributed by atoms with Gasteiger partial charge in [-0.15, -0.1) is 0 Å². The number of ether oxygens (including phenoxy) is 1. The molecular formula is C13H17FN2O2S. The van der Waals surface area contributed by atoms with Crippen molar-refractivity contribution >= 4 is 29.0 Å². The first-order valence-electron chi connectivity index (χ1n) is 5.90. The minimum atomic E-state index is -0.357. The molecule has 19 heavy (non-hydrogen) atoms. The third-order valence-corrected chi connectivity index (χ3v) is 2.69. The van der Waals surface area contributed by atoms with Gasteiger partial charge in [-0.05, 0) is 43.3 Å². The molecule has 0 aliphatic rings. The molecule has 6 heteroatoms. The first-order chi connectivity index (χ1) is 9.02. The number of rotatable bonds is 5. The van der Waals surface area contributed by atoms with E-state index in [1.54, 1.807) is 12.1 Å². The number of methoxy groups -OCH3 is 1. The van der Waals surface area contributed by atoms with Crippen LogP contribution in [-0.4, -0.2) is 24.7 Å². The highest BCUT2D eigenvalue weighted by atomic mass is 32.1. The van der Waals surface area contributed by atoms with Gasteiger partial charge in [0.2, 0.25) is 0 Å². The monoisotopic (exact) mass is 284 g/mol. The van der Waals surface area contributed by atoms with E-state index >= 15 is 0 Å². The van der Waals surface area contributed by atoms with Gasteiger partial charge in [-0.2, -0.15) is 0 Å². The Hall–Kier alpha value is -1.69. The summed E-state index contributed by atoms with van der Waals surface area (Å²) < 4.78 is 18.0. The summed E-state index contributed by atoms with van der Waals surface area (Å²) >= 11 is 5.04. The van der Waals surface area contributed by atoms with Gasteiger partial charge in [0.05, 0.1) is 12.8 Å². The molecule has 0 aromatic heterocycles. The second-order valence-electron chi connectivity index (χ2n) is 4.04. The van der Waals surface area contributed by atoms with Gasteiger partial charge >= 0.3 is 5.97 Å². The van der Waals surface area contributed by atoms with Crippen LogP contribution in [0.3, 0.4) is 0 Å². The number of hydrogen-bond acceptors (Lipinski definition) is 3. The van der Waals surface area contributed by atoms with Gasteiger partial charge in [-0.1, -0.05) is 6.07 Å². The molecule has 0 unspecified atom stereocenters. The maximum absolute atomic E-state index is 13.5. The topological polar surface area (TPSA) is 50.4 Å². The van der Waals surface area contributed by atoms with Crippen molar-refractivity contribution in [1.82, 2.24) is 5.32 Å². The van der Waals surface area contributed by atoms with Crippen LogP contribution in [0.2, 0.25) is 0 Å². The number of benzene rings is 1. The molecule has 0 aliphatic heterocycles. The molecule has 1 aromatic rings. The van der Waals surface area contributed by atoms with Gasteiger partial charge in [0.15, 0.2) is 5.11 Å². The highest BCUT2D eigenvalue weighted by molar-refractivity contribution is 7.80. The number of anilines is 1. The van der Waals surface area contributed by atoms with Crippen molar-refractivity contribution in [3.8, 4) is 0 Å². The van der Waals surface area contributed by atoms with Gasteiger partial charge in [0.1, 0.15) is 5.82 Å². The van der Waals surface area contributed by atoms with Crippen molar-refractivity contribution < 1.29 is 13.9 Å². The Bertz CT molecular complexity index is 466. The van der Waals surface area contributed by atoms with E-state index in [0.717, 1.165) is 5.56 Å². The first-order valence-corrected chi connectivity index (χ1v) is 6.31. The third-order valence-electron chi connectivity index (χ3n) is 2.44. The molecule has 0 atom stereocenters. The molecule has 1 rings (SSSR count). The van der Waals surface area contributed by atoms with Crippen LogP contribution < -0.4 is 10.6 Å². The summed E-state index contributed by atoms with van der Waals surface area (Å²) in [7, 11) is 1.35. The normalized spacial score (nSPS) is 9.84. The second-order valence-corrected chi connectivity index (χ2v) is 4.45. The number of hydrogen-bond donors (Lipinski definition) is 2. The minimum absolute atomic E-state index is 0.259. The van der Waals surface area contributed by atoms with Crippen molar-refractivity contribution in [3.05, 3.63) is 29.6 Å². The van der Waals surface area contributed by atoms with Crippen LogP contribution in [-0.2, 0) is 9.53 Å². The number of carbonyl (C=O) groups is 1. The van der Waals surface area contributed by atoms with E-state index in [1.807, 2.05) is 6.92 Å². The van der Waals surface area contributed by atoms with E-state index in [0.29, 0.717) is 30.2 Å². The maximum Gasteiger partial charge on any atom is 0.305 e. The van der Waals surface area contributed by atoms with E-state index in [2.05, 4.69) is 15.4 Å². The summed E-state index contributed by atoms with van der Waals surface area (Å²) in [6, 6.07) is 4.75. The summed E-state index contributed by atoms with van der Waals surface area (Å²) in [5.74, 6) is -0.616. The second kappa shape index (κ2) is 7.68. The van der Waals surface area contributed by atoms with Crippen molar-refractivity contribution in [2.24, 2.45) is 0 Å². The van der Waals surface area contributed by atoms with Crippen LogP contribution in [0, 0.1) is 12.7 Å². The lowest BCUT2D eigenvalue weighted by atomic mass is 10.2. The van der Waals surface area contributed by atoms with Crippen LogP contribution in [0.5, 0.6) is 0 Å². The predicted octanol–water partition coefficient (Wildman–Crippen LogP) is 2.37. The lowest BCUT2D eigenvalue weighted by Gasteiger charge is -2.11. The number of carbonyl (C=O) groups excluding carboxylic acids is 1. The van der Waals surface area contributed by atoms with Crippen molar-refractivity contribution in [2.45, 2.75) is 19.8 Å². The zero-order valence-electron chi connectivity index (χ0n) is 11.0. The molecule has 0 heterocycles. The van der Waals surface area contributed by atoms with Crippen molar-refractivity contribution in [1.29, 1.82) is 0 Å². The van der Waals surface area contributed by atoms with E-state index in [9.17, 15) is 9.18 Å². The average Bonchev–Trinajstić information content (AvgIpc) is 2.38. The van der Waals surface area contributed by atoms with E-state index in [1.165, 1.54) is 13.2 Å². The Kier molecular flexibility index (Phi) is 6.21. The molecule has 0 saturated carbocycles. The molecule has 0 saturated heterocycles. The molecule has 1 aromatic carbocycles. The lowest BCUT2D eigenvalue weighted by Crippen LogP contribution is -2.30. The van der Waals surface area contributed by atoms with Gasteiger partial charge in [-0.25, -0.2) is 4.39 Å². The Balaban J connectivity index is 2.35. The zero-order valence-corrected chi connectivity index (χ0v) is 11.8. The van der Waals surface area contributed by atoms with Gasteiger partial charge < -0.3 is 15.4 Å². The average molecular weight is 284 g/mol. The largest absolute Gasteiger partial charge is 0.469 e.